The minimum atomic E-state index is -5.72. The molecule has 0 radical (unpaired) electrons. The molecule has 0 aliphatic carbocycles. The van der Waals surface area contributed by atoms with Gasteiger partial charge in [0.25, 0.3) is 0 Å². The van der Waals surface area contributed by atoms with E-state index >= 15 is 0 Å². The van der Waals surface area contributed by atoms with Crippen LogP contribution in [0.1, 0.15) is 23.0 Å². The van der Waals surface area contributed by atoms with Crippen LogP contribution in [0.4, 0.5) is 5.69 Å². The van der Waals surface area contributed by atoms with Crippen LogP contribution in [0.2, 0.25) is 0 Å². The Balaban J connectivity index is 1.33. The Morgan fingerprint density at radius 1 is 1.11 bits per heavy atom. The van der Waals surface area contributed by atoms with E-state index in [-0.39, 0.29) is 22.3 Å². The summed E-state index contributed by atoms with van der Waals surface area (Å²) in [4.78, 5) is 65.1. The summed E-state index contributed by atoms with van der Waals surface area (Å²) in [5, 5.41) is 13.8. The quantitative estimate of drug-likeness (QED) is 0.0377. The molecule has 4 heterocycles. The number of imidazole rings is 2. The molecular formula is C19H19N8O13P3S. The number of nitrogens with zero attached hydrogens (tertiary/aromatic N) is 8. The highest BCUT2D eigenvalue weighted by Gasteiger charge is 2.43. The maximum Gasteiger partial charge on any atom is 0.490 e. The maximum atomic E-state index is 13.0. The second-order valence-corrected chi connectivity index (χ2v) is 14.1. The largest absolute Gasteiger partial charge is 0.490 e. The van der Waals surface area contributed by atoms with Crippen LogP contribution in [-0.4, -0.2) is 72.5 Å². The fourth-order valence-electron chi connectivity index (χ4n) is 4.05. The van der Waals surface area contributed by atoms with Crippen molar-refractivity contribution in [1.29, 1.82) is 0 Å². The highest BCUT2D eigenvalue weighted by atomic mass is 32.2. The maximum absolute atomic E-state index is 13.0. The van der Waals surface area contributed by atoms with E-state index in [9.17, 15) is 33.4 Å². The van der Waals surface area contributed by atoms with E-state index in [1.807, 2.05) is 0 Å². The number of phosphoric acid groups is 3. The minimum Gasteiger partial charge on any atom is -0.390 e. The number of aromatic nitrogens is 5. The van der Waals surface area contributed by atoms with Gasteiger partial charge >= 0.3 is 23.5 Å². The monoisotopic (exact) mass is 692 g/mol. The van der Waals surface area contributed by atoms with Crippen molar-refractivity contribution in [3.05, 3.63) is 59.0 Å². The number of aliphatic hydroxyl groups is 1. The van der Waals surface area contributed by atoms with Crippen molar-refractivity contribution in [3.8, 4) is 0 Å². The minimum absolute atomic E-state index is 0.101. The van der Waals surface area contributed by atoms with E-state index in [2.05, 4.69) is 38.1 Å². The Bertz CT molecular complexity index is 1920. The Morgan fingerprint density at radius 3 is 2.52 bits per heavy atom. The molecule has 234 valence electrons. The van der Waals surface area contributed by atoms with Crippen LogP contribution in [0.3, 0.4) is 0 Å². The van der Waals surface area contributed by atoms with Crippen molar-refractivity contribution in [2.75, 3.05) is 6.61 Å². The van der Waals surface area contributed by atoms with Gasteiger partial charge in [-0.05, 0) is 17.3 Å². The standard InChI is InChI=1S/C19H19N8O13P3S/c20-25-24-11-3-1-10(2-4-11)18(29)44-19-23-17-15(16-21-5-6-26(16)19)22-9-27(17)14-7-12(28)13(38-14)8-37-42(33,34)40-43(35,36)39-41(30,31)32/h1-6,9,12-14,28H,7-8H2,(H,33,34)(H,35,36)(H2,30,31,32)/t12-,13+,14+/m0/s1. The molecule has 25 heteroatoms. The molecule has 3 aromatic heterocycles. The van der Waals surface area contributed by atoms with Crippen molar-refractivity contribution in [1.82, 2.24) is 23.9 Å². The van der Waals surface area contributed by atoms with Gasteiger partial charge in [0.15, 0.2) is 22.0 Å². The van der Waals surface area contributed by atoms with Gasteiger partial charge in [0.05, 0.1) is 19.0 Å². The van der Waals surface area contributed by atoms with Crippen LogP contribution in [0.15, 0.2) is 53.3 Å². The first-order valence-electron chi connectivity index (χ1n) is 11.8. The van der Waals surface area contributed by atoms with Crippen LogP contribution < -0.4 is 0 Å². The molecule has 0 spiro atoms. The third kappa shape index (κ3) is 7.43. The lowest BCUT2D eigenvalue weighted by molar-refractivity contribution is -0.0423. The predicted octanol–water partition coefficient (Wildman–Crippen LogP) is 2.95. The van der Waals surface area contributed by atoms with Gasteiger partial charge in [-0.2, -0.15) is 8.62 Å². The molecule has 5 atom stereocenters. The van der Waals surface area contributed by atoms with Gasteiger partial charge in [0.1, 0.15) is 12.3 Å². The number of phosphoric ester groups is 1. The van der Waals surface area contributed by atoms with Crippen molar-refractivity contribution in [3.63, 3.8) is 0 Å². The van der Waals surface area contributed by atoms with Crippen molar-refractivity contribution < 1.29 is 61.1 Å². The van der Waals surface area contributed by atoms with Crippen molar-refractivity contribution in [2.45, 2.75) is 30.0 Å². The second kappa shape index (κ2) is 12.4. The molecule has 44 heavy (non-hydrogen) atoms. The summed E-state index contributed by atoms with van der Waals surface area (Å²) in [6.45, 7) is -0.861. The number of ether oxygens (including phenoxy) is 1. The Morgan fingerprint density at radius 2 is 1.84 bits per heavy atom. The van der Waals surface area contributed by atoms with Crippen LogP contribution in [-0.2, 0) is 31.6 Å². The van der Waals surface area contributed by atoms with Gasteiger partial charge in [0, 0.05) is 35.0 Å². The first kappa shape index (κ1) is 32.4. The smallest absolute Gasteiger partial charge is 0.390 e. The molecule has 2 unspecified atom stereocenters. The topological polar surface area (TPSA) is 303 Å². The number of carbonyl (C=O) groups is 1. The molecule has 5 rings (SSSR count). The highest BCUT2D eigenvalue weighted by molar-refractivity contribution is 8.14. The third-order valence-corrected chi connectivity index (χ3v) is 10.5. The number of hydrogen-bond acceptors (Lipinski definition) is 14. The lowest BCUT2D eigenvalue weighted by Crippen LogP contribution is -2.26. The average molecular weight is 692 g/mol. The second-order valence-electron chi connectivity index (χ2n) is 8.78. The average Bonchev–Trinajstić information content (AvgIpc) is 3.64. The zero-order chi connectivity index (χ0) is 31.9. The van der Waals surface area contributed by atoms with Crippen molar-refractivity contribution >= 4 is 62.8 Å². The molecule has 5 N–H and O–H groups in total. The fraction of sp³-hybridized carbons (Fsp3) is 0.263. The van der Waals surface area contributed by atoms with Gasteiger partial charge < -0.3 is 29.4 Å². The first-order valence-corrected chi connectivity index (χ1v) is 17.2. The summed E-state index contributed by atoms with van der Waals surface area (Å²) < 4.78 is 55.0. The molecule has 1 aromatic carbocycles. The van der Waals surface area contributed by atoms with Gasteiger partial charge in [-0.25, -0.2) is 28.6 Å². The number of benzene rings is 1. The lowest BCUT2D eigenvalue weighted by Gasteiger charge is -2.19. The summed E-state index contributed by atoms with van der Waals surface area (Å²) in [6, 6.07) is 5.94. The van der Waals surface area contributed by atoms with Crippen LogP contribution >= 0.6 is 35.2 Å². The molecule has 21 nitrogen and oxygen atoms in total. The van der Waals surface area contributed by atoms with E-state index < -0.39 is 48.5 Å². The summed E-state index contributed by atoms with van der Waals surface area (Å²) in [5.41, 5.74) is 10.1. The first-order chi connectivity index (χ1) is 20.6. The molecule has 1 saturated heterocycles. The van der Waals surface area contributed by atoms with Gasteiger partial charge in [-0.1, -0.05) is 29.4 Å². The number of fused-ring (bicyclic) bond motifs is 3. The van der Waals surface area contributed by atoms with Gasteiger partial charge in [-0.15, -0.1) is 0 Å². The lowest BCUT2D eigenvalue weighted by atomic mass is 10.2. The number of azide groups is 1. The molecule has 1 fully saturated rings. The SMILES string of the molecule is [N-]=[N+]=Nc1ccc(C(=O)Sc2nc3c(ncn3[C@H]3C[C@H](O)[C@@H](COP(=O)(O)OP(=O)(O)OP(=O)(O)O)O3)c3nccn23)cc1. The van der Waals surface area contributed by atoms with E-state index in [1.54, 1.807) is 10.6 Å². The van der Waals surface area contributed by atoms with E-state index in [0.29, 0.717) is 22.4 Å². The van der Waals surface area contributed by atoms with E-state index in [1.165, 1.54) is 41.4 Å². The number of aliphatic hydroxyl groups excluding tert-OH is 1. The number of thioether (sulfide) groups is 1. The zero-order valence-corrected chi connectivity index (χ0v) is 25.0. The van der Waals surface area contributed by atoms with E-state index in [4.69, 9.17) is 20.1 Å². The zero-order valence-electron chi connectivity index (χ0n) is 21.5. The van der Waals surface area contributed by atoms with Crippen molar-refractivity contribution in [2.24, 2.45) is 5.11 Å². The molecule has 0 saturated carbocycles. The number of carbonyl (C=O) groups excluding carboxylic acids is 1. The Kier molecular flexibility index (Phi) is 9.12. The highest BCUT2D eigenvalue weighted by Crippen LogP contribution is 2.66. The predicted molar refractivity (Wildman–Crippen MR) is 146 cm³/mol. The third-order valence-electron chi connectivity index (χ3n) is 5.81. The van der Waals surface area contributed by atoms with E-state index in [0.717, 1.165) is 11.8 Å². The summed E-state index contributed by atoms with van der Waals surface area (Å²) in [7, 11) is -16.7. The van der Waals surface area contributed by atoms with Crippen LogP contribution in [0.5, 0.6) is 0 Å². The van der Waals surface area contributed by atoms with Crippen LogP contribution in [0, 0.1) is 0 Å². The Hall–Kier alpha value is -3.03. The molecule has 1 aliphatic heterocycles. The molecule has 1 aliphatic rings. The van der Waals surface area contributed by atoms with Gasteiger partial charge in [-0.3, -0.25) is 18.3 Å². The summed E-state index contributed by atoms with van der Waals surface area (Å²) in [5.74, 6) is 0. The Labute approximate surface area is 248 Å². The van der Waals surface area contributed by atoms with Crippen LogP contribution in [0.25, 0.3) is 27.3 Å². The molecule has 0 amide bonds. The number of hydrogen-bond donors (Lipinski definition) is 5. The number of rotatable bonds is 11. The molecule has 4 aromatic rings. The summed E-state index contributed by atoms with van der Waals surface area (Å²) >= 11 is 0.782. The normalized spacial score (nSPS) is 21.6. The summed E-state index contributed by atoms with van der Waals surface area (Å²) in [6.07, 6.45) is 0.749. The molecular weight excluding hydrogens is 673 g/mol. The van der Waals surface area contributed by atoms with Gasteiger partial charge in [0.2, 0.25) is 5.12 Å². The molecule has 0 bridgehead atoms. The fourth-order valence-corrected chi connectivity index (χ4v) is 7.88.